The molecule has 2 aromatic rings. The number of hydrogen-bond acceptors (Lipinski definition) is 3. The van der Waals surface area contributed by atoms with Crippen molar-refractivity contribution in [1.29, 1.82) is 0 Å². The molecule has 1 heterocycles. The molecule has 3 nitrogen and oxygen atoms in total. The fraction of sp³-hybridized carbons (Fsp3) is 0.286. The van der Waals surface area contributed by atoms with Crippen LogP contribution >= 0.6 is 11.3 Å². The van der Waals surface area contributed by atoms with Crippen LogP contribution in [-0.4, -0.2) is 10.9 Å². The Morgan fingerprint density at radius 3 is 2.83 bits per heavy atom. The first kappa shape index (κ1) is 12.8. The van der Waals surface area contributed by atoms with Gasteiger partial charge in [-0.05, 0) is 6.42 Å². The second-order valence-electron chi connectivity index (χ2n) is 4.06. The minimum Gasteiger partial charge on any atom is -0.302 e. The van der Waals surface area contributed by atoms with Crippen LogP contribution in [0.25, 0.3) is 11.3 Å². The highest BCUT2D eigenvalue weighted by molar-refractivity contribution is 7.14. The highest BCUT2D eigenvalue weighted by Gasteiger charge is 2.07. The van der Waals surface area contributed by atoms with Crippen molar-refractivity contribution in [2.75, 3.05) is 5.32 Å². The third-order valence-corrected chi connectivity index (χ3v) is 3.34. The Morgan fingerprint density at radius 1 is 1.33 bits per heavy atom. The Labute approximate surface area is 111 Å². The van der Waals surface area contributed by atoms with Gasteiger partial charge in [0.2, 0.25) is 5.91 Å². The van der Waals surface area contributed by atoms with E-state index in [1.165, 1.54) is 11.3 Å². The van der Waals surface area contributed by atoms with E-state index in [0.717, 1.165) is 24.1 Å². The van der Waals surface area contributed by atoms with Crippen LogP contribution in [0, 0.1) is 0 Å². The van der Waals surface area contributed by atoms with Crippen molar-refractivity contribution in [2.45, 2.75) is 26.2 Å². The van der Waals surface area contributed by atoms with Crippen LogP contribution < -0.4 is 5.32 Å². The molecule has 1 aromatic carbocycles. The van der Waals surface area contributed by atoms with E-state index in [1.54, 1.807) is 0 Å². The predicted molar refractivity (Wildman–Crippen MR) is 75.7 cm³/mol. The molecule has 0 radical (unpaired) electrons. The number of anilines is 1. The van der Waals surface area contributed by atoms with Gasteiger partial charge in [-0.15, -0.1) is 11.3 Å². The van der Waals surface area contributed by atoms with Crippen molar-refractivity contribution < 1.29 is 4.79 Å². The van der Waals surface area contributed by atoms with Gasteiger partial charge in [0.15, 0.2) is 5.13 Å². The Balaban J connectivity index is 2.00. The van der Waals surface area contributed by atoms with Gasteiger partial charge >= 0.3 is 0 Å². The lowest BCUT2D eigenvalue weighted by Gasteiger charge is -1.99. The van der Waals surface area contributed by atoms with Gasteiger partial charge in [-0.1, -0.05) is 43.7 Å². The fourth-order valence-corrected chi connectivity index (χ4v) is 2.33. The molecular weight excluding hydrogens is 244 g/mol. The Bertz CT molecular complexity index is 508. The topological polar surface area (TPSA) is 42.0 Å². The number of unbranched alkanes of at least 4 members (excludes halogenated alkanes) is 1. The number of hydrogen-bond donors (Lipinski definition) is 1. The van der Waals surface area contributed by atoms with Gasteiger partial charge in [0.1, 0.15) is 0 Å². The molecular formula is C14H16N2OS. The zero-order chi connectivity index (χ0) is 12.8. The smallest absolute Gasteiger partial charge is 0.226 e. The van der Waals surface area contributed by atoms with Crippen LogP contribution in [0.5, 0.6) is 0 Å². The maximum absolute atomic E-state index is 11.6. The summed E-state index contributed by atoms with van der Waals surface area (Å²) in [6.07, 6.45) is 2.51. The summed E-state index contributed by atoms with van der Waals surface area (Å²) in [5, 5.41) is 5.47. The number of rotatable bonds is 5. The first-order valence-corrected chi connectivity index (χ1v) is 6.98. The first-order chi connectivity index (χ1) is 8.79. The Hall–Kier alpha value is -1.68. The van der Waals surface area contributed by atoms with Gasteiger partial charge in [0, 0.05) is 17.4 Å². The van der Waals surface area contributed by atoms with E-state index in [0.29, 0.717) is 11.6 Å². The van der Waals surface area contributed by atoms with E-state index in [4.69, 9.17) is 0 Å². The van der Waals surface area contributed by atoms with Gasteiger partial charge < -0.3 is 5.32 Å². The third kappa shape index (κ3) is 3.40. The lowest BCUT2D eigenvalue weighted by molar-refractivity contribution is -0.116. The summed E-state index contributed by atoms with van der Waals surface area (Å²) in [5.41, 5.74) is 1.98. The third-order valence-electron chi connectivity index (χ3n) is 2.58. The highest BCUT2D eigenvalue weighted by Crippen LogP contribution is 2.24. The summed E-state index contributed by atoms with van der Waals surface area (Å²) in [6.45, 7) is 2.07. The van der Waals surface area contributed by atoms with E-state index >= 15 is 0 Å². The number of nitrogens with zero attached hydrogens (tertiary/aromatic N) is 1. The normalized spacial score (nSPS) is 10.3. The second-order valence-corrected chi connectivity index (χ2v) is 4.91. The molecule has 0 unspecified atom stereocenters. The van der Waals surface area contributed by atoms with Crippen molar-refractivity contribution in [3.63, 3.8) is 0 Å². The summed E-state index contributed by atoms with van der Waals surface area (Å²) in [7, 11) is 0. The Kier molecular flexibility index (Phi) is 4.47. The van der Waals surface area contributed by atoms with Gasteiger partial charge in [-0.25, -0.2) is 4.98 Å². The maximum Gasteiger partial charge on any atom is 0.226 e. The molecule has 1 N–H and O–H groups in total. The molecule has 0 fully saturated rings. The van der Waals surface area contributed by atoms with Crippen LogP contribution in [0.3, 0.4) is 0 Å². The SMILES string of the molecule is CCCCC(=O)Nc1nc(-c2ccccc2)cs1. The van der Waals surface area contributed by atoms with E-state index in [9.17, 15) is 4.79 Å². The summed E-state index contributed by atoms with van der Waals surface area (Å²) in [5.74, 6) is 0.0470. The first-order valence-electron chi connectivity index (χ1n) is 6.10. The van der Waals surface area contributed by atoms with E-state index in [2.05, 4.69) is 17.2 Å². The molecule has 18 heavy (non-hydrogen) atoms. The van der Waals surface area contributed by atoms with Crippen LogP contribution in [0.1, 0.15) is 26.2 Å². The predicted octanol–water partition coefficient (Wildman–Crippen LogP) is 3.94. The molecule has 0 aliphatic heterocycles. The average molecular weight is 260 g/mol. The van der Waals surface area contributed by atoms with Crippen LogP contribution in [0.15, 0.2) is 35.7 Å². The van der Waals surface area contributed by atoms with Gasteiger partial charge in [-0.2, -0.15) is 0 Å². The number of carbonyl (C=O) groups is 1. The average Bonchev–Trinajstić information content (AvgIpc) is 2.86. The van der Waals surface area contributed by atoms with Crippen molar-refractivity contribution in [3.8, 4) is 11.3 Å². The molecule has 0 atom stereocenters. The molecule has 0 saturated carbocycles. The molecule has 2 rings (SSSR count). The monoisotopic (exact) mass is 260 g/mol. The molecule has 0 spiro atoms. The minimum atomic E-state index is 0.0470. The van der Waals surface area contributed by atoms with Crippen molar-refractivity contribution in [3.05, 3.63) is 35.7 Å². The van der Waals surface area contributed by atoms with Gasteiger partial charge in [0.25, 0.3) is 0 Å². The van der Waals surface area contributed by atoms with Crippen LogP contribution in [0.2, 0.25) is 0 Å². The molecule has 0 aliphatic carbocycles. The zero-order valence-electron chi connectivity index (χ0n) is 10.3. The molecule has 4 heteroatoms. The lowest BCUT2D eigenvalue weighted by Crippen LogP contribution is -2.10. The highest BCUT2D eigenvalue weighted by atomic mass is 32.1. The minimum absolute atomic E-state index is 0.0470. The standard InChI is InChI=1S/C14H16N2OS/c1-2-3-9-13(17)16-14-15-12(10-18-14)11-7-5-4-6-8-11/h4-8,10H,2-3,9H2,1H3,(H,15,16,17). The summed E-state index contributed by atoms with van der Waals surface area (Å²) >= 11 is 1.46. The van der Waals surface area contributed by atoms with Gasteiger partial charge in [-0.3, -0.25) is 4.79 Å². The van der Waals surface area contributed by atoms with Gasteiger partial charge in [0.05, 0.1) is 5.69 Å². The van der Waals surface area contributed by atoms with E-state index in [-0.39, 0.29) is 5.91 Å². The number of amides is 1. The fourth-order valence-electron chi connectivity index (χ4n) is 1.59. The quantitative estimate of drug-likeness (QED) is 0.884. The molecule has 0 bridgehead atoms. The summed E-state index contributed by atoms with van der Waals surface area (Å²) in [4.78, 5) is 16.0. The molecule has 1 amide bonds. The molecule has 0 aliphatic rings. The number of benzene rings is 1. The number of thiazole rings is 1. The zero-order valence-corrected chi connectivity index (χ0v) is 11.2. The van der Waals surface area contributed by atoms with Crippen LogP contribution in [-0.2, 0) is 4.79 Å². The van der Waals surface area contributed by atoms with Crippen molar-refractivity contribution >= 4 is 22.4 Å². The van der Waals surface area contributed by atoms with Crippen LogP contribution in [0.4, 0.5) is 5.13 Å². The van der Waals surface area contributed by atoms with Crippen molar-refractivity contribution in [2.24, 2.45) is 0 Å². The number of nitrogens with one attached hydrogen (secondary N) is 1. The summed E-state index contributed by atoms with van der Waals surface area (Å²) in [6, 6.07) is 9.96. The van der Waals surface area contributed by atoms with Crippen molar-refractivity contribution in [1.82, 2.24) is 4.98 Å². The molecule has 0 saturated heterocycles. The lowest BCUT2D eigenvalue weighted by atomic mass is 10.2. The Morgan fingerprint density at radius 2 is 2.11 bits per heavy atom. The number of carbonyl (C=O) groups excluding carboxylic acids is 1. The molecule has 1 aromatic heterocycles. The second kappa shape index (κ2) is 6.31. The maximum atomic E-state index is 11.6. The van der Waals surface area contributed by atoms with E-state index in [1.807, 2.05) is 35.7 Å². The number of aromatic nitrogens is 1. The molecule has 94 valence electrons. The van der Waals surface area contributed by atoms with E-state index < -0.39 is 0 Å². The summed E-state index contributed by atoms with van der Waals surface area (Å²) < 4.78 is 0. The largest absolute Gasteiger partial charge is 0.302 e.